The van der Waals surface area contributed by atoms with Crippen LogP contribution >= 0.6 is 23.2 Å². The summed E-state index contributed by atoms with van der Waals surface area (Å²) in [6.45, 7) is 6.63. The molecule has 0 aliphatic carbocycles. The molecule has 1 aromatic carbocycles. The van der Waals surface area contributed by atoms with E-state index in [1.807, 2.05) is 0 Å². The molecule has 4 nitrogen and oxygen atoms in total. The maximum Gasteiger partial charge on any atom is 0.407 e. The number of likely N-dealkylation sites (tertiary alicyclic amines) is 1. The molecule has 1 aliphatic heterocycles. The highest BCUT2D eigenvalue weighted by atomic mass is 35.5. The van der Waals surface area contributed by atoms with Crippen molar-refractivity contribution in [3.05, 3.63) is 28.2 Å². The molecule has 122 valence electrons. The van der Waals surface area contributed by atoms with Crippen molar-refractivity contribution >= 4 is 29.3 Å². The summed E-state index contributed by atoms with van der Waals surface area (Å²) in [5.74, 6) is 0.663. The highest BCUT2D eigenvalue weighted by Gasteiger charge is 2.39. The summed E-state index contributed by atoms with van der Waals surface area (Å²) in [6.07, 6.45) is 0.430. The van der Waals surface area contributed by atoms with Gasteiger partial charge in [0.05, 0.1) is 10.0 Å². The van der Waals surface area contributed by atoms with Gasteiger partial charge < -0.3 is 14.7 Å². The molecule has 1 amide bonds. The van der Waals surface area contributed by atoms with Gasteiger partial charge in [0.2, 0.25) is 0 Å². The van der Waals surface area contributed by atoms with E-state index in [0.29, 0.717) is 35.2 Å². The average Bonchev–Trinajstić information content (AvgIpc) is 2.41. The second-order valence-corrected chi connectivity index (χ2v) is 7.51. The predicted octanol–water partition coefficient (Wildman–Crippen LogP) is 4.93. The van der Waals surface area contributed by atoms with E-state index in [0.717, 1.165) is 0 Å². The van der Waals surface area contributed by atoms with Gasteiger partial charge in [-0.2, -0.15) is 0 Å². The maximum absolute atomic E-state index is 11.4. The lowest BCUT2D eigenvalue weighted by molar-refractivity contribution is 0.0130. The lowest BCUT2D eigenvalue weighted by Gasteiger charge is -2.44. The number of carbonyl (C=O) groups is 1. The number of rotatable bonds is 2. The summed E-state index contributed by atoms with van der Waals surface area (Å²) in [6, 6.07) is 5.10. The minimum atomic E-state index is -0.868. The molecule has 6 heteroatoms. The van der Waals surface area contributed by atoms with Gasteiger partial charge >= 0.3 is 6.09 Å². The van der Waals surface area contributed by atoms with Gasteiger partial charge in [-0.25, -0.2) is 4.79 Å². The Morgan fingerprint density at radius 1 is 1.32 bits per heavy atom. The molecular formula is C16H21Cl2NO3. The molecule has 0 saturated carbocycles. The minimum absolute atomic E-state index is 0.0305. The normalized spacial score (nSPS) is 22.5. The van der Waals surface area contributed by atoms with Crippen LogP contribution in [0.2, 0.25) is 10.0 Å². The summed E-state index contributed by atoms with van der Waals surface area (Å²) >= 11 is 11.9. The van der Waals surface area contributed by atoms with Crippen LogP contribution in [0.15, 0.2) is 18.2 Å². The highest BCUT2D eigenvalue weighted by Crippen LogP contribution is 2.34. The molecule has 22 heavy (non-hydrogen) atoms. The van der Waals surface area contributed by atoms with Crippen molar-refractivity contribution in [2.75, 3.05) is 6.54 Å². The first-order valence-electron chi connectivity index (χ1n) is 7.30. The van der Waals surface area contributed by atoms with Crippen LogP contribution in [0.1, 0.15) is 33.6 Å². The zero-order chi connectivity index (χ0) is 16.5. The van der Waals surface area contributed by atoms with E-state index in [-0.39, 0.29) is 17.6 Å². The Morgan fingerprint density at radius 2 is 2.00 bits per heavy atom. The zero-order valence-corrected chi connectivity index (χ0v) is 14.5. The van der Waals surface area contributed by atoms with Gasteiger partial charge in [0.25, 0.3) is 0 Å². The van der Waals surface area contributed by atoms with Crippen LogP contribution in [0, 0.1) is 5.41 Å². The summed E-state index contributed by atoms with van der Waals surface area (Å²) in [5.41, 5.74) is -0.141. The Bertz CT molecular complexity index is 557. The van der Waals surface area contributed by atoms with Crippen molar-refractivity contribution in [2.45, 2.75) is 45.8 Å². The number of halogens is 2. The Balaban J connectivity index is 2.10. The number of piperidine rings is 1. The second-order valence-electron chi connectivity index (χ2n) is 6.70. The third-order valence-corrected chi connectivity index (χ3v) is 4.73. The van der Waals surface area contributed by atoms with Gasteiger partial charge in [0.1, 0.15) is 11.9 Å². The number of carboxylic acid groups (broad SMARTS) is 1. The van der Waals surface area contributed by atoms with E-state index in [1.54, 1.807) is 18.2 Å². The molecule has 1 heterocycles. The number of ether oxygens (including phenoxy) is 1. The van der Waals surface area contributed by atoms with E-state index < -0.39 is 6.09 Å². The lowest BCUT2D eigenvalue weighted by atomic mass is 9.80. The first-order valence-corrected chi connectivity index (χ1v) is 8.05. The summed E-state index contributed by atoms with van der Waals surface area (Å²) in [7, 11) is 0. The largest absolute Gasteiger partial charge is 0.490 e. The third kappa shape index (κ3) is 3.99. The second kappa shape index (κ2) is 6.55. The van der Waals surface area contributed by atoms with Crippen molar-refractivity contribution in [3.8, 4) is 5.75 Å². The van der Waals surface area contributed by atoms with Gasteiger partial charge in [-0.05, 0) is 17.5 Å². The van der Waals surface area contributed by atoms with Gasteiger partial charge in [0.15, 0.2) is 0 Å². The number of nitrogens with zero attached hydrogens (tertiary/aromatic N) is 1. The fourth-order valence-electron chi connectivity index (χ4n) is 2.83. The molecular weight excluding hydrogens is 325 g/mol. The van der Waals surface area contributed by atoms with E-state index in [1.165, 1.54) is 4.90 Å². The Morgan fingerprint density at radius 3 is 2.55 bits per heavy atom. The Labute approximate surface area is 141 Å². The SMILES string of the molecule is CC(C)(C)C1CC(Oc2ccc(Cl)c(Cl)c2)CCN1C(=O)O. The zero-order valence-electron chi connectivity index (χ0n) is 13.0. The smallest absolute Gasteiger partial charge is 0.407 e. The Kier molecular flexibility index (Phi) is 5.13. The van der Waals surface area contributed by atoms with Crippen LogP contribution in [0.4, 0.5) is 4.79 Å². The van der Waals surface area contributed by atoms with Crippen molar-refractivity contribution in [1.29, 1.82) is 0 Å². The topological polar surface area (TPSA) is 49.8 Å². The molecule has 1 saturated heterocycles. The van der Waals surface area contributed by atoms with Crippen LogP contribution in [-0.4, -0.2) is 34.8 Å². The monoisotopic (exact) mass is 345 g/mol. The molecule has 1 N–H and O–H groups in total. The molecule has 0 spiro atoms. The number of amides is 1. The van der Waals surface area contributed by atoms with Gasteiger partial charge in [-0.3, -0.25) is 0 Å². The number of hydrogen-bond donors (Lipinski definition) is 1. The van der Waals surface area contributed by atoms with E-state index in [4.69, 9.17) is 27.9 Å². The molecule has 2 unspecified atom stereocenters. The van der Waals surface area contributed by atoms with Gasteiger partial charge in [0, 0.05) is 31.5 Å². The number of benzene rings is 1. The molecule has 1 fully saturated rings. The third-order valence-electron chi connectivity index (χ3n) is 3.99. The van der Waals surface area contributed by atoms with Crippen molar-refractivity contribution in [1.82, 2.24) is 4.90 Å². The summed E-state index contributed by atoms with van der Waals surface area (Å²) < 4.78 is 5.98. The van der Waals surface area contributed by atoms with Crippen molar-refractivity contribution < 1.29 is 14.6 Å². The standard InChI is InChI=1S/C16H21Cl2NO3/c1-16(2,3)14-9-11(6-7-19(14)15(20)21)22-10-4-5-12(17)13(18)8-10/h4-5,8,11,14H,6-7,9H2,1-3H3,(H,20,21). The van der Waals surface area contributed by atoms with E-state index >= 15 is 0 Å². The van der Waals surface area contributed by atoms with Crippen LogP contribution in [-0.2, 0) is 0 Å². The van der Waals surface area contributed by atoms with Crippen molar-refractivity contribution in [2.24, 2.45) is 5.41 Å². The fraction of sp³-hybridized carbons (Fsp3) is 0.562. The quantitative estimate of drug-likeness (QED) is 0.826. The molecule has 0 aromatic heterocycles. The maximum atomic E-state index is 11.4. The van der Waals surface area contributed by atoms with Crippen LogP contribution in [0.25, 0.3) is 0 Å². The fourth-order valence-corrected chi connectivity index (χ4v) is 3.12. The van der Waals surface area contributed by atoms with Crippen LogP contribution < -0.4 is 4.74 Å². The summed E-state index contributed by atoms with van der Waals surface area (Å²) in [5, 5.41) is 10.3. The first kappa shape index (κ1) is 17.2. The van der Waals surface area contributed by atoms with Gasteiger partial charge in [-0.15, -0.1) is 0 Å². The molecule has 2 rings (SSSR count). The van der Waals surface area contributed by atoms with Crippen LogP contribution in [0.3, 0.4) is 0 Å². The van der Waals surface area contributed by atoms with E-state index in [9.17, 15) is 9.90 Å². The molecule has 1 aliphatic rings. The minimum Gasteiger partial charge on any atom is -0.490 e. The first-order chi connectivity index (χ1) is 10.2. The van der Waals surface area contributed by atoms with E-state index in [2.05, 4.69) is 20.8 Å². The molecule has 0 radical (unpaired) electrons. The van der Waals surface area contributed by atoms with Gasteiger partial charge in [-0.1, -0.05) is 44.0 Å². The molecule has 1 aromatic rings. The molecule has 2 atom stereocenters. The summed E-state index contributed by atoms with van der Waals surface area (Å²) in [4.78, 5) is 12.9. The molecule has 0 bridgehead atoms. The van der Waals surface area contributed by atoms with Crippen LogP contribution in [0.5, 0.6) is 5.75 Å². The Hall–Kier alpha value is -1.13. The van der Waals surface area contributed by atoms with Crippen molar-refractivity contribution in [3.63, 3.8) is 0 Å². The highest BCUT2D eigenvalue weighted by molar-refractivity contribution is 6.42. The number of hydrogen-bond acceptors (Lipinski definition) is 2. The lowest BCUT2D eigenvalue weighted by Crippen LogP contribution is -2.53. The average molecular weight is 346 g/mol. The predicted molar refractivity (Wildman–Crippen MR) is 88.1 cm³/mol.